The van der Waals surface area contributed by atoms with E-state index in [4.69, 9.17) is 21.1 Å². The SMILES string of the molecule is CN(CC1CC(Cl)C1)C(=O)c1ccc2c(c1)OCCO2. The zero-order valence-corrected chi connectivity index (χ0v) is 12.2. The van der Waals surface area contributed by atoms with Crippen LogP contribution in [0.5, 0.6) is 11.5 Å². The Morgan fingerprint density at radius 2 is 2.00 bits per heavy atom. The Morgan fingerprint density at radius 1 is 1.30 bits per heavy atom. The molecule has 1 fully saturated rings. The van der Waals surface area contributed by atoms with Gasteiger partial charge in [0.05, 0.1) is 0 Å². The minimum absolute atomic E-state index is 0.0139. The quantitative estimate of drug-likeness (QED) is 0.805. The molecule has 0 bridgehead atoms. The van der Waals surface area contributed by atoms with Crippen LogP contribution in [0.2, 0.25) is 0 Å². The number of hydrogen-bond acceptors (Lipinski definition) is 3. The summed E-state index contributed by atoms with van der Waals surface area (Å²) in [5.41, 5.74) is 0.637. The van der Waals surface area contributed by atoms with Gasteiger partial charge in [0.2, 0.25) is 0 Å². The Morgan fingerprint density at radius 3 is 2.70 bits per heavy atom. The molecule has 0 radical (unpaired) electrons. The fourth-order valence-corrected chi connectivity index (χ4v) is 3.17. The van der Waals surface area contributed by atoms with E-state index in [0.29, 0.717) is 36.2 Å². The van der Waals surface area contributed by atoms with E-state index in [0.717, 1.165) is 19.4 Å². The van der Waals surface area contributed by atoms with Gasteiger partial charge in [-0.3, -0.25) is 4.79 Å². The van der Waals surface area contributed by atoms with Crippen LogP contribution < -0.4 is 9.47 Å². The number of hydrogen-bond donors (Lipinski definition) is 0. The maximum absolute atomic E-state index is 12.4. The molecule has 1 heterocycles. The van der Waals surface area contributed by atoms with E-state index in [1.54, 1.807) is 23.1 Å². The number of amides is 1. The first-order valence-corrected chi connectivity index (χ1v) is 7.36. The summed E-state index contributed by atoms with van der Waals surface area (Å²) in [6, 6.07) is 5.35. The molecule has 20 heavy (non-hydrogen) atoms. The highest BCUT2D eigenvalue weighted by atomic mass is 35.5. The molecule has 1 aromatic rings. The average Bonchev–Trinajstić information content (AvgIpc) is 2.44. The standard InChI is InChI=1S/C15H18ClNO3/c1-17(9-10-6-12(16)7-10)15(18)11-2-3-13-14(8-11)20-5-4-19-13/h2-3,8,10,12H,4-7,9H2,1H3. The van der Waals surface area contributed by atoms with Gasteiger partial charge in [-0.25, -0.2) is 0 Å². The molecule has 0 saturated heterocycles. The van der Waals surface area contributed by atoms with Gasteiger partial charge in [-0.05, 0) is 37.0 Å². The third kappa shape index (κ3) is 2.70. The van der Waals surface area contributed by atoms with E-state index in [1.807, 2.05) is 7.05 Å². The normalized spacial score (nSPS) is 23.9. The zero-order chi connectivity index (χ0) is 14.1. The first-order chi connectivity index (χ1) is 9.63. The lowest BCUT2D eigenvalue weighted by Gasteiger charge is -2.34. The van der Waals surface area contributed by atoms with Crippen molar-refractivity contribution in [3.63, 3.8) is 0 Å². The number of fused-ring (bicyclic) bond motifs is 1. The van der Waals surface area contributed by atoms with Gasteiger partial charge in [0.15, 0.2) is 11.5 Å². The van der Waals surface area contributed by atoms with Crippen molar-refractivity contribution in [2.45, 2.75) is 18.2 Å². The molecule has 0 atom stereocenters. The van der Waals surface area contributed by atoms with Gasteiger partial charge >= 0.3 is 0 Å². The molecule has 1 amide bonds. The Bertz CT molecular complexity index is 514. The van der Waals surface area contributed by atoms with Crippen LogP contribution in [-0.2, 0) is 0 Å². The smallest absolute Gasteiger partial charge is 0.253 e. The first kappa shape index (κ1) is 13.6. The summed E-state index contributed by atoms with van der Waals surface area (Å²) in [6.07, 6.45) is 2.00. The predicted molar refractivity (Wildman–Crippen MR) is 76.8 cm³/mol. The Hall–Kier alpha value is -1.42. The van der Waals surface area contributed by atoms with Gasteiger partial charge < -0.3 is 14.4 Å². The Kier molecular flexibility index (Phi) is 3.74. The number of alkyl halides is 1. The molecule has 108 valence electrons. The first-order valence-electron chi connectivity index (χ1n) is 6.92. The second-order valence-corrected chi connectivity index (χ2v) is 6.10. The second-order valence-electron chi connectivity index (χ2n) is 5.48. The third-order valence-corrected chi connectivity index (χ3v) is 4.20. The summed E-state index contributed by atoms with van der Waals surface area (Å²) in [5.74, 6) is 1.91. The number of nitrogens with zero attached hydrogens (tertiary/aromatic N) is 1. The molecule has 1 saturated carbocycles. The van der Waals surface area contributed by atoms with Gasteiger partial charge in [0.1, 0.15) is 13.2 Å². The van der Waals surface area contributed by atoms with E-state index in [2.05, 4.69) is 0 Å². The highest BCUT2D eigenvalue weighted by Crippen LogP contribution is 2.33. The van der Waals surface area contributed by atoms with Crippen molar-refractivity contribution in [3.05, 3.63) is 23.8 Å². The molecule has 1 aliphatic carbocycles. The van der Waals surface area contributed by atoms with Crippen LogP contribution in [0.25, 0.3) is 0 Å². The lowest BCUT2D eigenvalue weighted by Crippen LogP contribution is -2.37. The number of benzene rings is 1. The van der Waals surface area contributed by atoms with Gasteiger partial charge in [0, 0.05) is 24.5 Å². The van der Waals surface area contributed by atoms with Crippen molar-refractivity contribution >= 4 is 17.5 Å². The van der Waals surface area contributed by atoms with E-state index < -0.39 is 0 Å². The maximum Gasteiger partial charge on any atom is 0.253 e. The minimum Gasteiger partial charge on any atom is -0.486 e. The Labute approximate surface area is 123 Å². The van der Waals surface area contributed by atoms with Crippen molar-refractivity contribution in [1.29, 1.82) is 0 Å². The Balaban J connectivity index is 1.67. The number of rotatable bonds is 3. The molecule has 1 aliphatic heterocycles. The number of carbonyl (C=O) groups excluding carboxylic acids is 1. The topological polar surface area (TPSA) is 38.8 Å². The van der Waals surface area contributed by atoms with Crippen LogP contribution in [0.15, 0.2) is 18.2 Å². The van der Waals surface area contributed by atoms with E-state index >= 15 is 0 Å². The molecule has 0 spiro atoms. The molecule has 0 unspecified atom stereocenters. The summed E-state index contributed by atoms with van der Waals surface area (Å²) in [6.45, 7) is 1.84. The lowest BCUT2D eigenvalue weighted by atomic mass is 9.84. The van der Waals surface area contributed by atoms with Crippen molar-refractivity contribution < 1.29 is 14.3 Å². The van der Waals surface area contributed by atoms with E-state index in [-0.39, 0.29) is 11.3 Å². The highest BCUT2D eigenvalue weighted by Gasteiger charge is 2.29. The number of halogens is 1. The van der Waals surface area contributed by atoms with E-state index in [1.165, 1.54) is 0 Å². The number of ether oxygens (including phenoxy) is 2. The number of carbonyl (C=O) groups is 1. The van der Waals surface area contributed by atoms with E-state index in [9.17, 15) is 4.79 Å². The summed E-state index contributed by atoms with van der Waals surface area (Å²) >= 11 is 5.97. The van der Waals surface area contributed by atoms with Gasteiger partial charge in [-0.15, -0.1) is 11.6 Å². The van der Waals surface area contributed by atoms with Crippen molar-refractivity contribution in [2.75, 3.05) is 26.8 Å². The van der Waals surface area contributed by atoms with Gasteiger partial charge in [-0.2, -0.15) is 0 Å². The zero-order valence-electron chi connectivity index (χ0n) is 11.5. The minimum atomic E-state index is 0.0139. The summed E-state index contributed by atoms with van der Waals surface area (Å²) < 4.78 is 11.0. The van der Waals surface area contributed by atoms with Crippen molar-refractivity contribution in [3.8, 4) is 11.5 Å². The van der Waals surface area contributed by atoms with Crippen LogP contribution in [-0.4, -0.2) is 43.0 Å². The van der Waals surface area contributed by atoms with Crippen LogP contribution in [0.1, 0.15) is 23.2 Å². The molecule has 0 N–H and O–H groups in total. The highest BCUT2D eigenvalue weighted by molar-refractivity contribution is 6.21. The molecule has 1 aromatic carbocycles. The molecule has 4 nitrogen and oxygen atoms in total. The van der Waals surface area contributed by atoms with Crippen LogP contribution in [0, 0.1) is 5.92 Å². The predicted octanol–water partition coefficient (Wildman–Crippen LogP) is 2.55. The largest absolute Gasteiger partial charge is 0.486 e. The molecule has 5 heteroatoms. The molecule has 3 rings (SSSR count). The van der Waals surface area contributed by atoms with Crippen LogP contribution in [0.3, 0.4) is 0 Å². The second kappa shape index (κ2) is 5.52. The van der Waals surface area contributed by atoms with Crippen molar-refractivity contribution in [1.82, 2.24) is 4.90 Å². The maximum atomic E-state index is 12.4. The molecule has 0 aromatic heterocycles. The molecular formula is C15H18ClNO3. The molecule has 2 aliphatic rings. The van der Waals surface area contributed by atoms with Gasteiger partial charge in [0.25, 0.3) is 5.91 Å². The summed E-state index contributed by atoms with van der Waals surface area (Å²) in [7, 11) is 1.83. The fraction of sp³-hybridized carbons (Fsp3) is 0.533. The third-order valence-electron chi connectivity index (χ3n) is 3.85. The fourth-order valence-electron chi connectivity index (χ4n) is 2.67. The monoisotopic (exact) mass is 295 g/mol. The average molecular weight is 296 g/mol. The summed E-state index contributed by atoms with van der Waals surface area (Å²) in [4.78, 5) is 14.1. The van der Waals surface area contributed by atoms with Crippen LogP contribution in [0.4, 0.5) is 0 Å². The van der Waals surface area contributed by atoms with Crippen molar-refractivity contribution in [2.24, 2.45) is 5.92 Å². The molecular weight excluding hydrogens is 278 g/mol. The van der Waals surface area contributed by atoms with Gasteiger partial charge in [-0.1, -0.05) is 0 Å². The summed E-state index contributed by atoms with van der Waals surface area (Å²) in [5, 5.41) is 0.290. The lowest BCUT2D eigenvalue weighted by molar-refractivity contribution is 0.0746. The van der Waals surface area contributed by atoms with Crippen LogP contribution >= 0.6 is 11.6 Å².